The molecule has 1 aromatic carbocycles. The van der Waals surface area contributed by atoms with E-state index in [0.29, 0.717) is 12.1 Å². The molecule has 0 unspecified atom stereocenters. The van der Waals surface area contributed by atoms with Crippen molar-refractivity contribution in [2.75, 3.05) is 13.2 Å². The van der Waals surface area contributed by atoms with Gasteiger partial charge in [0.25, 0.3) is 5.91 Å². The van der Waals surface area contributed by atoms with E-state index in [1.807, 2.05) is 26.0 Å². The predicted octanol–water partition coefficient (Wildman–Crippen LogP) is 1.39. The number of amides is 1. The van der Waals surface area contributed by atoms with Crippen molar-refractivity contribution in [2.24, 2.45) is 5.41 Å². The summed E-state index contributed by atoms with van der Waals surface area (Å²) in [7, 11) is 0. The highest BCUT2D eigenvalue weighted by Gasteiger charge is 2.42. The summed E-state index contributed by atoms with van der Waals surface area (Å²) < 4.78 is 1.75. The van der Waals surface area contributed by atoms with Gasteiger partial charge in [0.05, 0.1) is 12.3 Å². The SMILES string of the molecule is Cc1nc(C)n(-c2ccc(C(=O)NCC3(CO)CC3)cc2)n1. The third-order valence-electron chi connectivity index (χ3n) is 4.17. The van der Waals surface area contributed by atoms with Gasteiger partial charge >= 0.3 is 0 Å². The number of aromatic nitrogens is 3. The van der Waals surface area contributed by atoms with E-state index in [0.717, 1.165) is 30.2 Å². The molecule has 6 nitrogen and oxygen atoms in total. The summed E-state index contributed by atoms with van der Waals surface area (Å²) in [5.41, 5.74) is 1.40. The van der Waals surface area contributed by atoms with Crippen molar-refractivity contribution in [3.63, 3.8) is 0 Å². The van der Waals surface area contributed by atoms with Crippen molar-refractivity contribution >= 4 is 5.91 Å². The molecule has 2 N–H and O–H groups in total. The number of nitrogens with zero attached hydrogens (tertiary/aromatic N) is 3. The molecule has 3 rings (SSSR count). The smallest absolute Gasteiger partial charge is 0.251 e. The average molecular weight is 300 g/mol. The number of rotatable bonds is 5. The van der Waals surface area contributed by atoms with Gasteiger partial charge in [-0.2, -0.15) is 5.10 Å². The van der Waals surface area contributed by atoms with E-state index >= 15 is 0 Å². The van der Waals surface area contributed by atoms with E-state index in [-0.39, 0.29) is 17.9 Å². The first-order valence-electron chi connectivity index (χ1n) is 7.43. The van der Waals surface area contributed by atoms with Crippen LogP contribution in [0.15, 0.2) is 24.3 Å². The van der Waals surface area contributed by atoms with Crippen LogP contribution >= 0.6 is 0 Å². The lowest BCUT2D eigenvalue weighted by Crippen LogP contribution is -2.31. The Bertz CT molecular complexity index is 687. The second-order valence-corrected chi connectivity index (χ2v) is 6.01. The fourth-order valence-corrected chi connectivity index (χ4v) is 2.46. The van der Waals surface area contributed by atoms with Crippen molar-refractivity contribution in [3.8, 4) is 5.69 Å². The fraction of sp³-hybridized carbons (Fsp3) is 0.438. The van der Waals surface area contributed by atoms with Crippen LogP contribution in [-0.4, -0.2) is 38.9 Å². The third-order valence-corrected chi connectivity index (χ3v) is 4.17. The molecule has 1 aliphatic carbocycles. The minimum absolute atomic E-state index is 0.0784. The maximum atomic E-state index is 12.1. The lowest BCUT2D eigenvalue weighted by atomic mass is 10.1. The monoisotopic (exact) mass is 300 g/mol. The minimum Gasteiger partial charge on any atom is -0.396 e. The number of nitrogens with one attached hydrogen (secondary N) is 1. The number of aliphatic hydroxyl groups excluding tert-OH is 1. The molecular weight excluding hydrogens is 280 g/mol. The Labute approximate surface area is 129 Å². The van der Waals surface area contributed by atoms with Crippen molar-refractivity contribution in [1.82, 2.24) is 20.1 Å². The minimum atomic E-state index is -0.113. The van der Waals surface area contributed by atoms with E-state index in [2.05, 4.69) is 15.4 Å². The second kappa shape index (κ2) is 5.53. The molecule has 0 saturated heterocycles. The largest absolute Gasteiger partial charge is 0.396 e. The van der Waals surface area contributed by atoms with Crippen LogP contribution in [0.5, 0.6) is 0 Å². The second-order valence-electron chi connectivity index (χ2n) is 6.01. The maximum absolute atomic E-state index is 12.1. The summed E-state index contributed by atoms with van der Waals surface area (Å²) in [6.07, 6.45) is 1.96. The number of carbonyl (C=O) groups excluding carboxylic acids is 1. The van der Waals surface area contributed by atoms with Crippen LogP contribution in [0.4, 0.5) is 0 Å². The fourth-order valence-electron chi connectivity index (χ4n) is 2.46. The van der Waals surface area contributed by atoms with Gasteiger partial charge in [0, 0.05) is 17.5 Å². The van der Waals surface area contributed by atoms with Gasteiger partial charge in [0.1, 0.15) is 11.6 Å². The highest BCUT2D eigenvalue weighted by atomic mass is 16.3. The van der Waals surface area contributed by atoms with Crippen LogP contribution in [-0.2, 0) is 0 Å². The summed E-state index contributed by atoms with van der Waals surface area (Å²) >= 11 is 0. The molecule has 6 heteroatoms. The average Bonchev–Trinajstić information content (AvgIpc) is 3.23. The van der Waals surface area contributed by atoms with E-state index < -0.39 is 0 Å². The van der Waals surface area contributed by atoms with E-state index in [4.69, 9.17) is 0 Å². The first kappa shape index (κ1) is 14.7. The number of hydrogen-bond donors (Lipinski definition) is 2. The Balaban J connectivity index is 1.68. The lowest BCUT2D eigenvalue weighted by molar-refractivity contribution is 0.0935. The molecule has 0 radical (unpaired) electrons. The molecule has 1 heterocycles. The van der Waals surface area contributed by atoms with Crippen molar-refractivity contribution in [2.45, 2.75) is 26.7 Å². The van der Waals surface area contributed by atoms with E-state index in [9.17, 15) is 9.90 Å². The van der Waals surface area contributed by atoms with Gasteiger partial charge in [-0.25, -0.2) is 9.67 Å². The van der Waals surface area contributed by atoms with Crippen LogP contribution in [0.25, 0.3) is 5.69 Å². The summed E-state index contributed by atoms with van der Waals surface area (Å²) in [5.74, 6) is 1.42. The van der Waals surface area contributed by atoms with Crippen molar-refractivity contribution in [3.05, 3.63) is 41.5 Å². The van der Waals surface area contributed by atoms with E-state index in [1.54, 1.807) is 16.8 Å². The van der Waals surface area contributed by atoms with Gasteiger partial charge in [-0.15, -0.1) is 0 Å². The standard InChI is InChI=1S/C16H20N4O2/c1-11-18-12(2)20(19-11)14-5-3-13(4-6-14)15(22)17-9-16(10-21)7-8-16/h3-6,21H,7-10H2,1-2H3,(H,17,22). The Morgan fingerprint density at radius 1 is 1.32 bits per heavy atom. The molecule has 0 atom stereocenters. The van der Waals surface area contributed by atoms with E-state index in [1.165, 1.54) is 0 Å². The summed E-state index contributed by atoms with van der Waals surface area (Å²) in [5, 5.41) is 16.5. The molecule has 0 bridgehead atoms. The zero-order valence-electron chi connectivity index (χ0n) is 12.8. The third kappa shape index (κ3) is 2.87. The maximum Gasteiger partial charge on any atom is 0.251 e. The van der Waals surface area contributed by atoms with Gasteiger partial charge in [-0.3, -0.25) is 4.79 Å². The van der Waals surface area contributed by atoms with Crippen molar-refractivity contribution < 1.29 is 9.90 Å². The first-order chi connectivity index (χ1) is 10.5. The van der Waals surface area contributed by atoms with Gasteiger partial charge in [-0.1, -0.05) is 0 Å². The molecule has 22 heavy (non-hydrogen) atoms. The Hall–Kier alpha value is -2.21. The molecule has 1 amide bonds. The molecule has 1 fully saturated rings. The van der Waals surface area contributed by atoms with Crippen LogP contribution in [0, 0.1) is 19.3 Å². The number of aliphatic hydroxyl groups is 1. The molecule has 1 saturated carbocycles. The molecular formula is C16H20N4O2. The van der Waals surface area contributed by atoms with Gasteiger partial charge < -0.3 is 10.4 Å². The highest BCUT2D eigenvalue weighted by Crippen LogP contribution is 2.44. The Kier molecular flexibility index (Phi) is 3.70. The van der Waals surface area contributed by atoms with Crippen LogP contribution in [0.2, 0.25) is 0 Å². The first-order valence-corrected chi connectivity index (χ1v) is 7.43. The van der Waals surface area contributed by atoms with Crippen molar-refractivity contribution in [1.29, 1.82) is 0 Å². The Morgan fingerprint density at radius 3 is 2.50 bits per heavy atom. The molecule has 1 aliphatic rings. The normalized spacial score (nSPS) is 15.6. The highest BCUT2D eigenvalue weighted by molar-refractivity contribution is 5.94. The molecule has 116 valence electrons. The zero-order chi connectivity index (χ0) is 15.7. The topological polar surface area (TPSA) is 80.0 Å². The van der Waals surface area contributed by atoms with Crippen LogP contribution < -0.4 is 5.32 Å². The number of carbonyl (C=O) groups is 1. The summed E-state index contributed by atoms with van der Waals surface area (Å²) in [6.45, 7) is 4.41. The predicted molar refractivity (Wildman–Crippen MR) is 81.9 cm³/mol. The molecule has 1 aromatic heterocycles. The zero-order valence-corrected chi connectivity index (χ0v) is 12.8. The van der Waals surface area contributed by atoms with Gasteiger partial charge in [-0.05, 0) is 51.0 Å². The number of aryl methyl sites for hydroxylation is 2. The Morgan fingerprint density at radius 2 is 2.00 bits per heavy atom. The molecule has 0 aliphatic heterocycles. The lowest BCUT2D eigenvalue weighted by Gasteiger charge is -2.13. The molecule has 2 aromatic rings. The number of hydrogen-bond acceptors (Lipinski definition) is 4. The molecule has 0 spiro atoms. The van der Waals surface area contributed by atoms with Gasteiger partial charge in [0.2, 0.25) is 0 Å². The van der Waals surface area contributed by atoms with Crippen LogP contribution in [0.1, 0.15) is 34.8 Å². The van der Waals surface area contributed by atoms with Gasteiger partial charge in [0.15, 0.2) is 0 Å². The quantitative estimate of drug-likeness (QED) is 0.874. The number of benzene rings is 1. The van der Waals surface area contributed by atoms with Crippen LogP contribution in [0.3, 0.4) is 0 Å². The summed E-state index contributed by atoms with van der Waals surface area (Å²) in [6, 6.07) is 7.27. The summed E-state index contributed by atoms with van der Waals surface area (Å²) in [4.78, 5) is 16.4.